The molecule has 2 N–H and O–H groups in total. The average Bonchev–Trinajstić information content (AvgIpc) is 3.59. The summed E-state index contributed by atoms with van der Waals surface area (Å²) in [6.07, 6.45) is 1.37. The van der Waals surface area contributed by atoms with E-state index in [1.54, 1.807) is 7.05 Å². The zero-order valence-corrected chi connectivity index (χ0v) is 18.6. The van der Waals surface area contributed by atoms with Crippen LogP contribution in [0.2, 0.25) is 0 Å². The van der Waals surface area contributed by atoms with Gasteiger partial charge in [-0.25, -0.2) is 9.78 Å². The van der Waals surface area contributed by atoms with Gasteiger partial charge in [0.25, 0.3) is 0 Å². The minimum atomic E-state index is -1.15. The summed E-state index contributed by atoms with van der Waals surface area (Å²) in [4.78, 5) is 30.7. The van der Waals surface area contributed by atoms with Gasteiger partial charge in [0.15, 0.2) is 0 Å². The van der Waals surface area contributed by atoms with Crippen LogP contribution in [-0.4, -0.2) is 44.0 Å². The van der Waals surface area contributed by atoms with Crippen LogP contribution in [0.5, 0.6) is 0 Å². The Morgan fingerprint density at radius 2 is 1.35 bits per heavy atom. The lowest BCUT2D eigenvalue weighted by atomic mass is 9.76. The summed E-state index contributed by atoms with van der Waals surface area (Å²) < 4.78 is 1.37. The molecule has 7 nitrogen and oxygen atoms in total. The Bertz CT molecular complexity index is 1220. The van der Waals surface area contributed by atoms with Gasteiger partial charge in [-0.15, -0.1) is 0 Å². The third-order valence-electron chi connectivity index (χ3n) is 6.35. The van der Waals surface area contributed by atoms with Gasteiger partial charge in [0.2, 0.25) is 11.7 Å². The summed E-state index contributed by atoms with van der Waals surface area (Å²) in [6, 6.07) is 30.2. The van der Waals surface area contributed by atoms with Crippen molar-refractivity contribution < 1.29 is 14.7 Å². The molecule has 0 aliphatic carbocycles. The van der Waals surface area contributed by atoms with Gasteiger partial charge >= 0.3 is 5.97 Å². The van der Waals surface area contributed by atoms with Crippen molar-refractivity contribution in [1.29, 1.82) is 0 Å². The third-order valence-corrected chi connectivity index (χ3v) is 6.35. The number of benzene rings is 3. The number of carbonyl (C=O) groups is 2. The maximum Gasteiger partial charge on any atom is 0.372 e. The van der Waals surface area contributed by atoms with Crippen LogP contribution in [0, 0.1) is 0 Å². The molecule has 1 fully saturated rings. The number of imidazole rings is 1. The van der Waals surface area contributed by atoms with Crippen LogP contribution in [0.25, 0.3) is 0 Å². The fraction of sp³-hybridized carbons (Fsp3) is 0.148. The van der Waals surface area contributed by atoms with Crippen LogP contribution in [0.1, 0.15) is 27.3 Å². The summed E-state index contributed by atoms with van der Waals surface area (Å²) in [5.74, 6) is -1.13. The second-order valence-electron chi connectivity index (χ2n) is 8.30. The molecule has 1 amide bonds. The lowest BCUT2D eigenvalue weighted by Crippen LogP contribution is -2.40. The van der Waals surface area contributed by atoms with Crippen molar-refractivity contribution in [2.45, 2.75) is 11.6 Å². The number of nitrogens with zero attached hydrogens (tertiary/aromatic N) is 3. The van der Waals surface area contributed by atoms with Gasteiger partial charge in [-0.05, 0) is 16.7 Å². The van der Waals surface area contributed by atoms with Crippen LogP contribution >= 0.6 is 0 Å². The number of rotatable bonds is 7. The predicted molar refractivity (Wildman–Crippen MR) is 128 cm³/mol. The molecule has 0 bridgehead atoms. The second kappa shape index (κ2) is 8.61. The Kier molecular flexibility index (Phi) is 5.47. The largest absolute Gasteiger partial charge is 0.475 e. The molecular weight excluding hydrogens is 428 g/mol. The number of hydrogen-bond donors (Lipinski definition) is 2. The molecule has 4 aromatic rings. The van der Waals surface area contributed by atoms with Gasteiger partial charge in [-0.2, -0.15) is 0 Å². The van der Waals surface area contributed by atoms with E-state index in [9.17, 15) is 14.7 Å². The van der Waals surface area contributed by atoms with E-state index in [-0.39, 0.29) is 11.7 Å². The first kappa shape index (κ1) is 21.6. The number of aromatic carboxylic acids is 1. The molecule has 0 saturated carbocycles. The van der Waals surface area contributed by atoms with Gasteiger partial charge in [0.05, 0.1) is 11.7 Å². The van der Waals surface area contributed by atoms with Crippen molar-refractivity contribution in [3.8, 4) is 0 Å². The third kappa shape index (κ3) is 3.56. The topological polar surface area (TPSA) is 87.2 Å². The zero-order chi connectivity index (χ0) is 23.7. The molecular formula is C27H24N4O3. The Labute approximate surface area is 197 Å². The van der Waals surface area contributed by atoms with Crippen LogP contribution in [-0.2, 0) is 17.4 Å². The van der Waals surface area contributed by atoms with E-state index in [4.69, 9.17) is 0 Å². The number of anilines is 1. The Balaban J connectivity index is 1.56. The first-order valence-electron chi connectivity index (χ1n) is 11.0. The van der Waals surface area contributed by atoms with E-state index >= 15 is 0 Å². The van der Waals surface area contributed by atoms with Gasteiger partial charge in [-0.1, -0.05) is 91.0 Å². The summed E-state index contributed by atoms with van der Waals surface area (Å²) in [6.45, 7) is 0.550. The molecule has 34 heavy (non-hydrogen) atoms. The van der Waals surface area contributed by atoms with Crippen molar-refractivity contribution in [2.24, 2.45) is 7.05 Å². The van der Waals surface area contributed by atoms with E-state index in [2.05, 4.69) is 51.6 Å². The summed E-state index contributed by atoms with van der Waals surface area (Å²) in [7, 11) is 1.57. The monoisotopic (exact) mass is 452 g/mol. The van der Waals surface area contributed by atoms with Gasteiger partial charge in [-0.3, -0.25) is 9.69 Å². The minimum Gasteiger partial charge on any atom is -0.475 e. The van der Waals surface area contributed by atoms with Gasteiger partial charge in [0.1, 0.15) is 11.9 Å². The van der Waals surface area contributed by atoms with E-state index in [0.717, 1.165) is 16.7 Å². The van der Waals surface area contributed by atoms with Crippen LogP contribution in [0.3, 0.4) is 0 Å². The molecule has 0 spiro atoms. The standard InChI is InChI=1S/C27H24N4O3/c1-30-23(17-28-24(30)26(33)34)29-25(32)22-18-31(22)27(19-11-5-2-6-12-19,20-13-7-3-8-14-20)21-15-9-4-10-16-21/h2-17,22H,18H2,1H3,(H,29,32)(H,33,34)/t22-,31?/m1/s1. The molecule has 2 heterocycles. The van der Waals surface area contributed by atoms with E-state index in [1.807, 2.05) is 54.6 Å². The fourth-order valence-corrected chi connectivity index (χ4v) is 4.70. The number of amides is 1. The number of carbonyl (C=O) groups excluding carboxylic acids is 1. The number of carboxylic acid groups (broad SMARTS) is 1. The highest BCUT2D eigenvalue weighted by atomic mass is 16.4. The van der Waals surface area contributed by atoms with Gasteiger partial charge in [0, 0.05) is 13.6 Å². The van der Waals surface area contributed by atoms with Crippen molar-refractivity contribution in [3.05, 3.63) is 120 Å². The van der Waals surface area contributed by atoms with Gasteiger partial charge < -0.3 is 15.0 Å². The lowest BCUT2D eigenvalue weighted by Gasteiger charge is -2.38. The van der Waals surface area contributed by atoms with Crippen molar-refractivity contribution in [1.82, 2.24) is 14.5 Å². The highest BCUT2D eigenvalue weighted by Gasteiger charge is 2.56. The first-order chi connectivity index (χ1) is 16.5. The zero-order valence-electron chi connectivity index (χ0n) is 18.6. The van der Waals surface area contributed by atoms with Crippen molar-refractivity contribution >= 4 is 17.7 Å². The SMILES string of the molecule is Cn1c(NC(=O)[C@H]2CN2C(c2ccccc2)(c2ccccc2)c2ccccc2)cnc1C(=O)O. The lowest BCUT2D eigenvalue weighted by molar-refractivity contribution is -0.116. The molecule has 1 saturated heterocycles. The average molecular weight is 453 g/mol. The maximum absolute atomic E-state index is 13.3. The molecule has 3 aromatic carbocycles. The predicted octanol–water partition coefficient (Wildman–Crippen LogP) is 3.73. The molecule has 2 atom stereocenters. The second-order valence-corrected chi connectivity index (χ2v) is 8.30. The maximum atomic E-state index is 13.3. The summed E-state index contributed by atoms with van der Waals surface area (Å²) >= 11 is 0. The quantitative estimate of drug-likeness (QED) is 0.330. The molecule has 7 heteroatoms. The van der Waals surface area contributed by atoms with Crippen LogP contribution in [0.15, 0.2) is 97.2 Å². The number of hydrogen-bond acceptors (Lipinski definition) is 4. The minimum absolute atomic E-state index is 0.129. The molecule has 1 aromatic heterocycles. The molecule has 0 radical (unpaired) electrons. The molecule has 1 aliphatic heterocycles. The number of carboxylic acids is 1. The van der Waals surface area contributed by atoms with E-state index in [1.165, 1.54) is 10.8 Å². The Morgan fingerprint density at radius 3 is 1.76 bits per heavy atom. The highest BCUT2D eigenvalue weighted by molar-refractivity contribution is 5.97. The van der Waals surface area contributed by atoms with Crippen LogP contribution in [0.4, 0.5) is 5.82 Å². The van der Waals surface area contributed by atoms with E-state index in [0.29, 0.717) is 12.4 Å². The molecule has 1 unspecified atom stereocenters. The summed E-state index contributed by atoms with van der Waals surface area (Å²) in [5.41, 5.74) is 2.54. The van der Waals surface area contributed by atoms with Crippen molar-refractivity contribution in [3.63, 3.8) is 0 Å². The first-order valence-corrected chi connectivity index (χ1v) is 11.0. The Morgan fingerprint density at radius 1 is 0.882 bits per heavy atom. The Hall–Kier alpha value is -4.23. The normalized spacial score (nSPS) is 17.2. The van der Waals surface area contributed by atoms with Crippen molar-refractivity contribution in [2.75, 3.05) is 11.9 Å². The van der Waals surface area contributed by atoms with Crippen LogP contribution < -0.4 is 5.32 Å². The summed E-state index contributed by atoms with van der Waals surface area (Å²) in [5, 5.41) is 12.1. The smallest absolute Gasteiger partial charge is 0.372 e. The highest BCUT2D eigenvalue weighted by Crippen LogP contribution is 2.48. The molecule has 5 rings (SSSR count). The number of nitrogens with one attached hydrogen (secondary N) is 1. The molecule has 170 valence electrons. The molecule has 1 aliphatic rings. The number of aromatic nitrogens is 2. The van der Waals surface area contributed by atoms with E-state index < -0.39 is 17.6 Å². The fourth-order valence-electron chi connectivity index (χ4n) is 4.70.